The van der Waals surface area contributed by atoms with Crippen LogP contribution in [-0.4, -0.2) is 0 Å². The highest BCUT2D eigenvalue weighted by Crippen LogP contribution is 2.35. The maximum Gasteiger partial charge on any atom is -0.0177 e. The molecular weight excluding hydrogens is 841 g/mol. The molecule has 2 aliphatic rings. The Morgan fingerprint density at radius 1 is 0.186 bits per heavy atom. The summed E-state index contributed by atoms with van der Waals surface area (Å²) < 4.78 is 0. The molecule has 0 heterocycles. The van der Waals surface area contributed by atoms with Gasteiger partial charge in [-0.2, -0.15) is 0 Å². The summed E-state index contributed by atoms with van der Waals surface area (Å²) >= 11 is 0. The van der Waals surface area contributed by atoms with Crippen LogP contribution in [0.3, 0.4) is 0 Å². The lowest BCUT2D eigenvalue weighted by molar-refractivity contribution is 0.602. The molecule has 0 saturated heterocycles. The summed E-state index contributed by atoms with van der Waals surface area (Å²) in [7, 11) is 0. The highest BCUT2D eigenvalue weighted by atomic mass is 14.2. The standard InChI is InChI=1S/C70H58/c1-3-7-49(8-4-1)43-51-11-15-53(16-12-51)55-19-23-57(24-20-55)59-27-31-61(32-28-59)63-35-37-67-47-69(41-39-65(67)45-63)70-42-40-66-46-64(36-38-68(66)48-70)62-33-29-60(30-34-62)58-25-21-56(22-26-58)54-17-13-52(14-18-54)44-50-9-5-2-6-10-50/h11-48H,1-10H2. The Kier molecular flexibility index (Phi) is 12.2. The van der Waals surface area contributed by atoms with E-state index in [1.54, 1.807) is 11.1 Å². The first-order valence-electron chi connectivity index (χ1n) is 25.7. The van der Waals surface area contributed by atoms with Gasteiger partial charge in [-0.15, -0.1) is 0 Å². The van der Waals surface area contributed by atoms with Gasteiger partial charge in [0, 0.05) is 0 Å². The molecule has 0 spiro atoms. The van der Waals surface area contributed by atoms with E-state index in [1.807, 2.05) is 0 Å². The second-order valence-electron chi connectivity index (χ2n) is 19.8. The van der Waals surface area contributed by atoms with Gasteiger partial charge in [-0.3, -0.25) is 0 Å². The molecule has 12 rings (SSSR count). The van der Waals surface area contributed by atoms with E-state index in [2.05, 4.69) is 231 Å². The van der Waals surface area contributed by atoms with E-state index < -0.39 is 0 Å². The van der Waals surface area contributed by atoms with E-state index in [-0.39, 0.29) is 0 Å². The summed E-state index contributed by atoms with van der Waals surface area (Å²) in [5.74, 6) is 0. The van der Waals surface area contributed by atoms with Crippen LogP contribution in [0.5, 0.6) is 0 Å². The minimum Gasteiger partial charge on any atom is -0.0696 e. The van der Waals surface area contributed by atoms with Crippen LogP contribution >= 0.6 is 0 Å². The molecule has 2 saturated carbocycles. The summed E-state index contributed by atoms with van der Waals surface area (Å²) in [6.45, 7) is 0. The molecule has 10 aromatic rings. The summed E-state index contributed by atoms with van der Waals surface area (Å²) in [5, 5.41) is 4.99. The van der Waals surface area contributed by atoms with Crippen molar-refractivity contribution < 1.29 is 0 Å². The Balaban J connectivity index is 0.685. The van der Waals surface area contributed by atoms with Crippen molar-refractivity contribution in [1.82, 2.24) is 0 Å². The molecule has 0 atom stereocenters. The number of allylic oxidation sites excluding steroid dienone is 2. The zero-order valence-electron chi connectivity index (χ0n) is 40.0. The average Bonchev–Trinajstić information content (AvgIpc) is 3.44. The Bertz CT molecular complexity index is 3250. The van der Waals surface area contributed by atoms with Gasteiger partial charge in [-0.25, -0.2) is 0 Å². The minimum absolute atomic E-state index is 1.23. The third kappa shape index (κ3) is 9.61. The van der Waals surface area contributed by atoms with Crippen molar-refractivity contribution in [3.63, 3.8) is 0 Å². The zero-order valence-corrected chi connectivity index (χ0v) is 40.0. The Labute approximate surface area is 414 Å². The SMILES string of the molecule is C(=C1CCCCC1)c1ccc(-c2ccc(-c3ccc(-c4ccc5cc(-c6ccc7cc(-c8ccc(-c9ccc(-c%10ccc(C=C%11CCCCC%11)cc%10)cc9)cc8)ccc7c6)ccc5c4)cc3)cc2)cc1. The van der Waals surface area contributed by atoms with Crippen molar-refractivity contribution in [3.8, 4) is 77.9 Å². The van der Waals surface area contributed by atoms with Gasteiger partial charge in [-0.05, 0) is 186 Å². The van der Waals surface area contributed by atoms with Crippen LogP contribution in [0.4, 0.5) is 0 Å². The van der Waals surface area contributed by atoms with Crippen LogP contribution in [-0.2, 0) is 0 Å². The van der Waals surface area contributed by atoms with Gasteiger partial charge in [0.05, 0.1) is 0 Å². The third-order valence-corrected chi connectivity index (χ3v) is 15.1. The second-order valence-corrected chi connectivity index (χ2v) is 19.8. The molecule has 2 aliphatic carbocycles. The largest absolute Gasteiger partial charge is 0.0696 e. The average molecular weight is 899 g/mol. The van der Waals surface area contributed by atoms with Gasteiger partial charge in [0.15, 0.2) is 0 Å². The Morgan fingerprint density at radius 3 is 0.614 bits per heavy atom. The molecule has 0 nitrogen and oxygen atoms in total. The van der Waals surface area contributed by atoms with Crippen LogP contribution in [0.15, 0.2) is 230 Å². The predicted octanol–water partition coefficient (Wildman–Crippen LogP) is 20.4. The molecule has 2 fully saturated rings. The predicted molar refractivity (Wildman–Crippen MR) is 302 cm³/mol. The normalized spacial score (nSPS) is 13.9. The summed E-state index contributed by atoms with van der Waals surface area (Å²) in [6.07, 6.45) is 18.0. The van der Waals surface area contributed by atoms with Crippen LogP contribution in [0.1, 0.15) is 75.3 Å². The van der Waals surface area contributed by atoms with E-state index in [9.17, 15) is 0 Å². The molecular formula is C70H58. The topological polar surface area (TPSA) is 0 Å². The number of rotatable bonds is 9. The molecule has 0 N–H and O–H groups in total. The monoisotopic (exact) mass is 898 g/mol. The van der Waals surface area contributed by atoms with E-state index in [4.69, 9.17) is 0 Å². The maximum atomic E-state index is 2.40. The molecule has 0 aliphatic heterocycles. The first kappa shape index (κ1) is 43.5. The van der Waals surface area contributed by atoms with Crippen LogP contribution < -0.4 is 0 Å². The minimum atomic E-state index is 1.23. The molecule has 0 amide bonds. The van der Waals surface area contributed by atoms with Gasteiger partial charge in [0.1, 0.15) is 0 Å². The van der Waals surface area contributed by atoms with Crippen molar-refractivity contribution >= 4 is 33.7 Å². The fraction of sp³-hybridized carbons (Fsp3) is 0.143. The number of fused-ring (bicyclic) bond motifs is 2. The number of hydrogen-bond donors (Lipinski definition) is 0. The molecule has 0 unspecified atom stereocenters. The molecule has 0 bridgehead atoms. The third-order valence-electron chi connectivity index (χ3n) is 15.1. The Hall–Kier alpha value is -7.80. The van der Waals surface area contributed by atoms with Crippen LogP contribution in [0.2, 0.25) is 0 Å². The number of hydrogen-bond acceptors (Lipinski definition) is 0. The fourth-order valence-electron chi connectivity index (χ4n) is 10.9. The van der Waals surface area contributed by atoms with Gasteiger partial charge in [0.25, 0.3) is 0 Å². The zero-order chi connectivity index (χ0) is 46.6. The molecule has 70 heavy (non-hydrogen) atoms. The first-order chi connectivity index (χ1) is 34.6. The van der Waals surface area contributed by atoms with Crippen LogP contribution in [0, 0.1) is 0 Å². The van der Waals surface area contributed by atoms with Gasteiger partial charge < -0.3 is 0 Å². The van der Waals surface area contributed by atoms with E-state index in [0.29, 0.717) is 0 Å². The van der Waals surface area contributed by atoms with Gasteiger partial charge in [-0.1, -0.05) is 230 Å². The van der Waals surface area contributed by atoms with Gasteiger partial charge in [0.2, 0.25) is 0 Å². The van der Waals surface area contributed by atoms with Crippen LogP contribution in [0.25, 0.3) is 112 Å². The Morgan fingerprint density at radius 2 is 0.371 bits per heavy atom. The lowest BCUT2D eigenvalue weighted by Crippen LogP contribution is -1.93. The van der Waals surface area contributed by atoms with Crippen molar-refractivity contribution in [2.24, 2.45) is 0 Å². The van der Waals surface area contributed by atoms with Crippen molar-refractivity contribution in [2.45, 2.75) is 64.2 Å². The summed E-state index contributed by atoms with van der Waals surface area (Å²) in [6, 6.07) is 81.5. The molecule has 0 aromatic heterocycles. The molecule has 0 heteroatoms. The fourth-order valence-corrected chi connectivity index (χ4v) is 10.9. The van der Waals surface area contributed by atoms with E-state index in [1.165, 1.54) is 175 Å². The lowest BCUT2D eigenvalue weighted by atomic mass is 9.93. The van der Waals surface area contributed by atoms with E-state index in [0.717, 1.165) is 0 Å². The highest BCUT2D eigenvalue weighted by molar-refractivity contribution is 5.94. The molecule has 10 aromatic carbocycles. The second kappa shape index (κ2) is 19.7. The molecule has 0 radical (unpaired) electrons. The first-order valence-corrected chi connectivity index (χ1v) is 25.7. The van der Waals surface area contributed by atoms with Crippen molar-refractivity contribution in [1.29, 1.82) is 0 Å². The van der Waals surface area contributed by atoms with Gasteiger partial charge >= 0.3 is 0 Å². The lowest BCUT2D eigenvalue weighted by Gasteiger charge is -2.13. The maximum absolute atomic E-state index is 2.40. The molecule has 338 valence electrons. The smallest absolute Gasteiger partial charge is 0.0177 e. The van der Waals surface area contributed by atoms with E-state index >= 15 is 0 Å². The van der Waals surface area contributed by atoms with Crippen molar-refractivity contribution in [3.05, 3.63) is 241 Å². The van der Waals surface area contributed by atoms with Crippen molar-refractivity contribution in [2.75, 3.05) is 0 Å². The number of benzene rings is 10. The highest BCUT2D eigenvalue weighted by Gasteiger charge is 2.10. The summed E-state index contributed by atoms with van der Waals surface area (Å²) in [5.41, 5.74) is 23.2. The summed E-state index contributed by atoms with van der Waals surface area (Å²) in [4.78, 5) is 0. The quantitative estimate of drug-likeness (QED) is 0.135.